The largest absolute Gasteiger partial charge is 0.287 e. The fourth-order valence-electron chi connectivity index (χ4n) is 3.73. The van der Waals surface area contributed by atoms with Crippen molar-refractivity contribution in [1.82, 2.24) is 5.06 Å². The Morgan fingerprint density at radius 1 is 0.864 bits per heavy atom. The Balaban J connectivity index is 1.83. The van der Waals surface area contributed by atoms with Gasteiger partial charge in [0.1, 0.15) is 0 Å². The Bertz CT molecular complexity index is 473. The number of nitrogens with zero attached hydrogens (tertiary/aromatic N) is 2. The van der Waals surface area contributed by atoms with Crippen molar-refractivity contribution in [1.29, 1.82) is 0 Å². The van der Waals surface area contributed by atoms with Crippen LogP contribution in [-0.4, -0.2) is 28.2 Å². The van der Waals surface area contributed by atoms with Crippen molar-refractivity contribution in [3.8, 4) is 0 Å². The van der Waals surface area contributed by atoms with Crippen LogP contribution in [0.25, 0.3) is 0 Å². The predicted octanol–water partition coefficient (Wildman–Crippen LogP) is 4.79. The molecule has 1 N–H and O–H groups in total. The first kappa shape index (κ1) is 15.5. The number of benzene rings is 1. The van der Waals surface area contributed by atoms with Crippen LogP contribution in [-0.2, 0) is 0 Å². The van der Waals surface area contributed by atoms with Crippen molar-refractivity contribution < 1.29 is 5.21 Å². The average Bonchev–Trinajstić information content (AvgIpc) is 2.61. The maximum Gasteiger partial charge on any atom is 0.155 e. The van der Waals surface area contributed by atoms with Gasteiger partial charge in [0.05, 0.1) is 12.1 Å². The zero-order valence-electron chi connectivity index (χ0n) is 13.5. The molecule has 2 saturated carbocycles. The van der Waals surface area contributed by atoms with Gasteiger partial charge in [0.15, 0.2) is 5.84 Å². The highest BCUT2D eigenvalue weighted by atomic mass is 16.5. The number of rotatable bonds is 3. The van der Waals surface area contributed by atoms with Crippen LogP contribution in [0.15, 0.2) is 35.3 Å². The molecule has 3 rings (SSSR count). The summed E-state index contributed by atoms with van der Waals surface area (Å²) < 4.78 is 0. The third-order valence-corrected chi connectivity index (χ3v) is 5.05. The number of aliphatic imine (C=N–C) groups is 1. The highest BCUT2D eigenvalue weighted by molar-refractivity contribution is 5.98. The molecule has 3 nitrogen and oxygen atoms in total. The maximum absolute atomic E-state index is 10.8. The van der Waals surface area contributed by atoms with Crippen molar-refractivity contribution >= 4 is 5.84 Å². The van der Waals surface area contributed by atoms with Gasteiger partial charge in [-0.1, -0.05) is 68.9 Å². The Morgan fingerprint density at radius 2 is 1.45 bits per heavy atom. The molecule has 0 bridgehead atoms. The van der Waals surface area contributed by atoms with Crippen molar-refractivity contribution in [3.63, 3.8) is 0 Å². The van der Waals surface area contributed by atoms with Crippen LogP contribution in [0.4, 0.5) is 0 Å². The molecule has 1 aromatic rings. The van der Waals surface area contributed by atoms with Crippen molar-refractivity contribution in [2.24, 2.45) is 4.99 Å². The molecule has 120 valence electrons. The summed E-state index contributed by atoms with van der Waals surface area (Å²) in [6.07, 6.45) is 12.1. The lowest BCUT2D eigenvalue weighted by atomic mass is 9.94. The number of hydroxylamine groups is 2. The molecule has 0 heterocycles. The minimum Gasteiger partial charge on any atom is -0.287 e. The molecule has 22 heavy (non-hydrogen) atoms. The van der Waals surface area contributed by atoms with Crippen LogP contribution >= 0.6 is 0 Å². The topological polar surface area (TPSA) is 35.8 Å². The average molecular weight is 300 g/mol. The Hall–Kier alpha value is -1.35. The molecule has 1 aromatic carbocycles. The van der Waals surface area contributed by atoms with Crippen molar-refractivity contribution in [2.75, 3.05) is 0 Å². The number of amidine groups is 1. The van der Waals surface area contributed by atoms with E-state index in [1.807, 2.05) is 18.2 Å². The molecule has 2 aliphatic rings. The lowest BCUT2D eigenvalue weighted by molar-refractivity contribution is -0.0639. The van der Waals surface area contributed by atoms with E-state index in [9.17, 15) is 5.21 Å². The lowest BCUT2D eigenvalue weighted by Crippen LogP contribution is -2.40. The molecule has 0 saturated heterocycles. The van der Waals surface area contributed by atoms with E-state index in [0.717, 1.165) is 37.1 Å². The van der Waals surface area contributed by atoms with Gasteiger partial charge >= 0.3 is 0 Å². The second-order valence-corrected chi connectivity index (χ2v) is 6.75. The Labute approximate surface area is 134 Å². The van der Waals surface area contributed by atoms with Gasteiger partial charge in [-0.05, 0) is 25.7 Å². The zero-order valence-corrected chi connectivity index (χ0v) is 13.5. The summed E-state index contributed by atoms with van der Waals surface area (Å²) in [5.74, 6) is 0.791. The molecular weight excluding hydrogens is 272 g/mol. The van der Waals surface area contributed by atoms with E-state index in [0.29, 0.717) is 6.04 Å². The molecular formula is C19H28N2O. The highest BCUT2D eigenvalue weighted by Gasteiger charge is 2.25. The van der Waals surface area contributed by atoms with Crippen molar-refractivity contribution in [2.45, 2.75) is 76.3 Å². The molecule has 0 unspecified atom stereocenters. The van der Waals surface area contributed by atoms with Gasteiger partial charge in [-0.15, -0.1) is 0 Å². The number of hydrogen-bond acceptors (Lipinski definition) is 2. The summed E-state index contributed by atoms with van der Waals surface area (Å²) in [6, 6.07) is 10.8. The van der Waals surface area contributed by atoms with Crippen LogP contribution in [0.2, 0.25) is 0 Å². The molecule has 2 fully saturated rings. The van der Waals surface area contributed by atoms with E-state index in [2.05, 4.69) is 12.1 Å². The van der Waals surface area contributed by atoms with E-state index < -0.39 is 0 Å². The summed E-state index contributed by atoms with van der Waals surface area (Å²) in [6.45, 7) is 0. The smallest absolute Gasteiger partial charge is 0.155 e. The monoisotopic (exact) mass is 300 g/mol. The standard InChI is InChI=1S/C19H28N2O/c22-21(18-14-8-3-9-15-18)19(16-10-4-1-5-11-16)20-17-12-6-2-7-13-17/h1,4-5,10-11,17-18,22H,2-3,6-9,12-15H2/b20-19+. The van der Waals surface area contributed by atoms with Gasteiger partial charge in [-0.25, -0.2) is 5.06 Å². The minimum atomic E-state index is 0.233. The molecule has 0 aromatic heterocycles. The molecule has 0 atom stereocenters. The third-order valence-electron chi connectivity index (χ3n) is 5.05. The summed E-state index contributed by atoms with van der Waals surface area (Å²) in [4.78, 5) is 4.97. The summed E-state index contributed by atoms with van der Waals surface area (Å²) in [5, 5.41) is 12.3. The van der Waals surface area contributed by atoms with Gasteiger partial charge in [0.25, 0.3) is 0 Å². The van der Waals surface area contributed by atoms with Crippen molar-refractivity contribution in [3.05, 3.63) is 35.9 Å². The van der Waals surface area contributed by atoms with Crippen LogP contribution in [0.3, 0.4) is 0 Å². The first-order valence-corrected chi connectivity index (χ1v) is 8.96. The summed E-state index contributed by atoms with van der Waals surface area (Å²) in [7, 11) is 0. The third kappa shape index (κ3) is 3.89. The fourth-order valence-corrected chi connectivity index (χ4v) is 3.73. The van der Waals surface area contributed by atoms with Crippen LogP contribution in [0, 0.1) is 0 Å². The van der Waals surface area contributed by atoms with E-state index in [1.165, 1.54) is 43.6 Å². The molecule has 0 spiro atoms. The first-order valence-electron chi connectivity index (χ1n) is 8.96. The SMILES string of the molecule is ON(/C(=N/C1CCCCC1)c1ccccc1)C1CCCCC1. The second kappa shape index (κ2) is 7.77. The quantitative estimate of drug-likeness (QED) is 0.495. The minimum absolute atomic E-state index is 0.233. The van der Waals surface area contributed by atoms with E-state index >= 15 is 0 Å². The van der Waals surface area contributed by atoms with Gasteiger partial charge in [0.2, 0.25) is 0 Å². The molecule has 0 aliphatic heterocycles. The molecule has 2 aliphatic carbocycles. The van der Waals surface area contributed by atoms with Crippen LogP contribution < -0.4 is 0 Å². The maximum atomic E-state index is 10.8. The number of hydrogen-bond donors (Lipinski definition) is 1. The second-order valence-electron chi connectivity index (χ2n) is 6.75. The van der Waals surface area contributed by atoms with E-state index in [-0.39, 0.29) is 6.04 Å². The highest BCUT2D eigenvalue weighted by Crippen LogP contribution is 2.25. The van der Waals surface area contributed by atoms with Gasteiger partial charge in [0, 0.05) is 5.56 Å². The summed E-state index contributed by atoms with van der Waals surface area (Å²) >= 11 is 0. The fraction of sp³-hybridized carbons (Fsp3) is 0.632. The molecule has 3 heteroatoms. The summed E-state index contributed by atoms with van der Waals surface area (Å²) in [5.41, 5.74) is 1.04. The predicted molar refractivity (Wildman–Crippen MR) is 90.4 cm³/mol. The zero-order chi connectivity index (χ0) is 15.2. The first-order chi connectivity index (χ1) is 10.8. The van der Waals surface area contributed by atoms with E-state index in [1.54, 1.807) is 0 Å². The van der Waals surface area contributed by atoms with Crippen LogP contribution in [0.1, 0.15) is 69.8 Å². The Kier molecular flexibility index (Phi) is 5.49. The normalized spacial score (nSPS) is 21.8. The van der Waals surface area contributed by atoms with Crippen LogP contribution in [0.5, 0.6) is 0 Å². The van der Waals surface area contributed by atoms with E-state index in [4.69, 9.17) is 4.99 Å². The van der Waals surface area contributed by atoms with Gasteiger partial charge in [-0.3, -0.25) is 10.2 Å². The molecule has 0 radical (unpaired) electrons. The lowest BCUT2D eigenvalue weighted by Gasteiger charge is -2.32. The van der Waals surface area contributed by atoms with Gasteiger partial charge < -0.3 is 0 Å². The Morgan fingerprint density at radius 3 is 2.09 bits per heavy atom. The molecule has 0 amide bonds. The van der Waals surface area contributed by atoms with Gasteiger partial charge in [-0.2, -0.15) is 0 Å².